The molecule has 4 fully saturated rings. The summed E-state index contributed by atoms with van der Waals surface area (Å²) in [5.41, 5.74) is 0. The van der Waals surface area contributed by atoms with E-state index in [1.54, 1.807) is 0 Å². The fourth-order valence-corrected chi connectivity index (χ4v) is 5.80. The highest BCUT2D eigenvalue weighted by Gasteiger charge is 2.61. The molecule has 0 aromatic heterocycles. The predicted molar refractivity (Wildman–Crippen MR) is 75.9 cm³/mol. The van der Waals surface area contributed by atoms with E-state index in [4.69, 9.17) is 8.92 Å². The van der Waals surface area contributed by atoms with Gasteiger partial charge in [0, 0.05) is 5.92 Å². The van der Waals surface area contributed by atoms with Crippen LogP contribution >= 0.6 is 22.6 Å². The highest BCUT2D eigenvalue weighted by atomic mass is 127. The van der Waals surface area contributed by atoms with E-state index in [-0.39, 0.29) is 27.5 Å². The molecule has 6 unspecified atom stereocenters. The lowest BCUT2D eigenvalue weighted by Crippen LogP contribution is -2.52. The molecule has 6 heteroatoms. The highest BCUT2D eigenvalue weighted by Crippen LogP contribution is 2.52. The normalized spacial score (nSPS) is 46.6. The van der Waals surface area contributed by atoms with Gasteiger partial charge in [-0.2, -0.15) is 8.42 Å². The fourth-order valence-electron chi connectivity index (χ4n) is 3.55. The van der Waals surface area contributed by atoms with Crippen molar-refractivity contribution in [3.63, 3.8) is 0 Å². The van der Waals surface area contributed by atoms with Crippen LogP contribution in [0, 0.1) is 17.8 Å². The van der Waals surface area contributed by atoms with Gasteiger partial charge in [0.25, 0.3) is 10.1 Å². The quantitative estimate of drug-likeness (QED) is 0.425. The van der Waals surface area contributed by atoms with Gasteiger partial charge in [0.15, 0.2) is 0 Å². The van der Waals surface area contributed by atoms with E-state index in [1.807, 2.05) is 0 Å². The summed E-state index contributed by atoms with van der Waals surface area (Å²) in [6, 6.07) is 0. The van der Waals surface area contributed by atoms with Crippen molar-refractivity contribution in [1.82, 2.24) is 0 Å². The molecule has 1 aliphatic heterocycles. The van der Waals surface area contributed by atoms with E-state index >= 15 is 0 Å². The summed E-state index contributed by atoms with van der Waals surface area (Å²) in [6.45, 7) is 4.24. The van der Waals surface area contributed by atoms with Crippen LogP contribution in [-0.4, -0.2) is 30.0 Å². The van der Waals surface area contributed by atoms with Crippen molar-refractivity contribution in [2.75, 3.05) is 0 Å². The zero-order chi connectivity index (χ0) is 13.1. The first-order valence-electron chi connectivity index (χ1n) is 6.62. The Morgan fingerprint density at radius 1 is 1.33 bits per heavy atom. The average molecular weight is 386 g/mol. The first kappa shape index (κ1) is 13.6. The zero-order valence-corrected chi connectivity index (χ0v) is 13.6. The Kier molecular flexibility index (Phi) is 3.44. The Morgan fingerprint density at radius 3 is 2.72 bits per heavy atom. The Balaban J connectivity index is 1.82. The highest BCUT2D eigenvalue weighted by molar-refractivity contribution is 14.1. The van der Waals surface area contributed by atoms with E-state index < -0.39 is 10.1 Å². The van der Waals surface area contributed by atoms with Crippen molar-refractivity contribution in [2.45, 2.75) is 54.7 Å². The second kappa shape index (κ2) is 4.56. The molecule has 4 bridgehead atoms. The third-order valence-electron chi connectivity index (χ3n) is 4.52. The molecule has 0 spiro atoms. The summed E-state index contributed by atoms with van der Waals surface area (Å²) in [5, 5.41) is -0.257. The van der Waals surface area contributed by atoms with E-state index in [0.29, 0.717) is 11.8 Å². The Bertz CT molecular complexity index is 435. The Labute approximate surface area is 122 Å². The molecule has 0 N–H and O–H groups in total. The Morgan fingerprint density at radius 2 is 2.06 bits per heavy atom. The number of halogens is 1. The summed E-state index contributed by atoms with van der Waals surface area (Å²) in [7, 11) is -3.33. The maximum absolute atomic E-state index is 11.9. The third-order valence-corrected chi connectivity index (χ3v) is 8.03. The van der Waals surface area contributed by atoms with Gasteiger partial charge in [-0.1, -0.05) is 36.4 Å². The summed E-state index contributed by atoms with van der Waals surface area (Å²) >= 11 is 2.30. The molecule has 3 aliphatic carbocycles. The minimum absolute atomic E-state index is 0.0263. The van der Waals surface area contributed by atoms with Crippen LogP contribution in [0.25, 0.3) is 0 Å². The average Bonchev–Trinajstić information content (AvgIpc) is 2.53. The van der Waals surface area contributed by atoms with Gasteiger partial charge in [0.1, 0.15) is 10.2 Å². The Hall–Kier alpha value is 0.600. The first-order valence-corrected chi connectivity index (χ1v) is 9.33. The fraction of sp³-hybridized carbons (Fsp3) is 1.00. The molecule has 6 atom stereocenters. The van der Waals surface area contributed by atoms with Crippen LogP contribution < -0.4 is 0 Å². The molecular formula is C12H19IO4S. The minimum atomic E-state index is -3.33. The number of ether oxygens (including phenoxy) is 1. The molecule has 1 saturated heterocycles. The molecule has 0 radical (unpaired) electrons. The molecule has 0 amide bonds. The van der Waals surface area contributed by atoms with Crippen molar-refractivity contribution in [3.05, 3.63) is 0 Å². The number of hydrogen-bond acceptors (Lipinski definition) is 4. The summed E-state index contributed by atoms with van der Waals surface area (Å²) < 4.78 is 35.4. The van der Waals surface area contributed by atoms with Gasteiger partial charge in [-0.05, 0) is 31.1 Å². The van der Waals surface area contributed by atoms with E-state index in [9.17, 15) is 8.42 Å². The van der Waals surface area contributed by atoms with Crippen LogP contribution in [0.2, 0.25) is 0 Å². The topological polar surface area (TPSA) is 52.6 Å². The molecule has 4 aliphatic rings. The number of alkyl halides is 1. The SMILES string of the molecule is CC(C)C(I)OC1C2CCC3C1OS(=O)(=O)C3C2. The first-order chi connectivity index (χ1) is 8.40. The lowest BCUT2D eigenvalue weighted by Gasteiger charge is -2.45. The summed E-state index contributed by atoms with van der Waals surface area (Å²) in [5.74, 6) is 0.957. The maximum Gasteiger partial charge on any atom is 0.270 e. The monoisotopic (exact) mass is 386 g/mol. The molecule has 1 heterocycles. The minimum Gasteiger partial charge on any atom is -0.361 e. The van der Waals surface area contributed by atoms with Crippen molar-refractivity contribution in [1.29, 1.82) is 0 Å². The van der Waals surface area contributed by atoms with E-state index in [1.165, 1.54) is 0 Å². The molecular weight excluding hydrogens is 367 g/mol. The van der Waals surface area contributed by atoms with Gasteiger partial charge in [-0.25, -0.2) is 0 Å². The lowest BCUT2D eigenvalue weighted by atomic mass is 9.67. The van der Waals surface area contributed by atoms with Gasteiger partial charge in [-0.3, -0.25) is 4.18 Å². The smallest absolute Gasteiger partial charge is 0.270 e. The largest absolute Gasteiger partial charge is 0.361 e. The molecule has 4 rings (SSSR count). The molecule has 0 aromatic rings. The third kappa shape index (κ3) is 2.03. The van der Waals surface area contributed by atoms with Crippen LogP contribution in [0.4, 0.5) is 0 Å². The van der Waals surface area contributed by atoms with Crippen molar-refractivity contribution in [2.24, 2.45) is 17.8 Å². The van der Waals surface area contributed by atoms with Crippen LogP contribution in [-0.2, 0) is 19.0 Å². The second-order valence-electron chi connectivity index (χ2n) is 6.02. The number of fused-ring (bicyclic) bond motifs is 1. The molecule has 0 aromatic carbocycles. The van der Waals surface area contributed by atoms with Gasteiger partial charge in [0.05, 0.1) is 11.4 Å². The molecule has 4 nitrogen and oxygen atoms in total. The van der Waals surface area contributed by atoms with E-state index in [0.717, 1.165) is 19.3 Å². The molecule has 18 heavy (non-hydrogen) atoms. The number of rotatable bonds is 3. The molecule has 3 saturated carbocycles. The van der Waals surface area contributed by atoms with Gasteiger partial charge in [-0.15, -0.1) is 0 Å². The number of hydrogen-bond donors (Lipinski definition) is 0. The van der Waals surface area contributed by atoms with Crippen molar-refractivity contribution >= 4 is 32.7 Å². The summed E-state index contributed by atoms with van der Waals surface area (Å²) in [4.78, 5) is 0. The van der Waals surface area contributed by atoms with Gasteiger partial charge >= 0.3 is 0 Å². The van der Waals surface area contributed by atoms with Crippen LogP contribution in [0.5, 0.6) is 0 Å². The van der Waals surface area contributed by atoms with Crippen molar-refractivity contribution in [3.8, 4) is 0 Å². The zero-order valence-electron chi connectivity index (χ0n) is 10.6. The maximum atomic E-state index is 11.9. The second-order valence-corrected chi connectivity index (χ2v) is 9.04. The van der Waals surface area contributed by atoms with Gasteiger partial charge in [0.2, 0.25) is 0 Å². The lowest BCUT2D eigenvalue weighted by molar-refractivity contribution is -0.119. The van der Waals surface area contributed by atoms with Crippen molar-refractivity contribution < 1.29 is 17.3 Å². The van der Waals surface area contributed by atoms with Crippen LogP contribution in [0.3, 0.4) is 0 Å². The predicted octanol–water partition coefficient (Wildman–Crippen LogP) is 2.32. The van der Waals surface area contributed by atoms with Crippen LogP contribution in [0.15, 0.2) is 0 Å². The molecule has 104 valence electrons. The van der Waals surface area contributed by atoms with Gasteiger partial charge < -0.3 is 4.74 Å². The van der Waals surface area contributed by atoms with Crippen LogP contribution in [0.1, 0.15) is 33.1 Å². The van der Waals surface area contributed by atoms with E-state index in [2.05, 4.69) is 36.4 Å². The summed E-state index contributed by atoms with van der Waals surface area (Å²) in [6.07, 6.45) is 2.55. The standard InChI is InChI=1S/C12H19IO4S/c1-6(2)12(13)16-10-7-3-4-8-9(5-7)18(14,15)17-11(8)10/h6-12H,3-5H2,1-2H3.